The molecule has 0 atom stereocenters. The van der Waals surface area contributed by atoms with Crippen LogP contribution in [0.15, 0.2) is 52.2 Å². The van der Waals surface area contributed by atoms with Crippen LogP contribution in [0.4, 0.5) is 15.0 Å². The lowest BCUT2D eigenvalue weighted by molar-refractivity contribution is 0.209. The van der Waals surface area contributed by atoms with Gasteiger partial charge in [0.1, 0.15) is 11.6 Å². The highest BCUT2D eigenvalue weighted by Crippen LogP contribution is 2.26. The topological polar surface area (TPSA) is 101 Å². The van der Waals surface area contributed by atoms with Crippen molar-refractivity contribution in [3.05, 3.63) is 54.0 Å². The molecular formula is C15H11FN4O3S. The highest BCUT2D eigenvalue weighted by Gasteiger charge is 2.11. The van der Waals surface area contributed by atoms with E-state index in [4.69, 9.17) is 9.52 Å². The van der Waals surface area contributed by atoms with Crippen LogP contribution in [0.3, 0.4) is 0 Å². The molecule has 0 spiro atoms. The molecule has 9 heteroatoms. The van der Waals surface area contributed by atoms with E-state index in [1.165, 1.54) is 36.2 Å². The van der Waals surface area contributed by atoms with Gasteiger partial charge in [0.25, 0.3) is 5.22 Å². The fourth-order valence-electron chi connectivity index (χ4n) is 1.85. The summed E-state index contributed by atoms with van der Waals surface area (Å²) in [5.41, 5.74) is 1.48. The van der Waals surface area contributed by atoms with E-state index in [0.29, 0.717) is 16.5 Å². The monoisotopic (exact) mass is 346 g/mol. The van der Waals surface area contributed by atoms with Crippen molar-refractivity contribution >= 4 is 23.7 Å². The highest BCUT2D eigenvalue weighted by molar-refractivity contribution is 7.98. The largest absolute Gasteiger partial charge is 0.465 e. The highest BCUT2D eigenvalue weighted by atomic mass is 32.2. The number of carbonyl (C=O) groups is 1. The Morgan fingerprint density at radius 1 is 1.25 bits per heavy atom. The molecule has 2 heterocycles. The van der Waals surface area contributed by atoms with E-state index in [1.807, 2.05) is 0 Å². The lowest BCUT2D eigenvalue weighted by Crippen LogP contribution is -2.08. The smallest absolute Gasteiger partial charge is 0.410 e. The first-order valence-corrected chi connectivity index (χ1v) is 7.76. The van der Waals surface area contributed by atoms with Gasteiger partial charge in [-0.2, -0.15) is 0 Å². The Morgan fingerprint density at radius 3 is 2.79 bits per heavy atom. The maximum absolute atomic E-state index is 12.9. The van der Waals surface area contributed by atoms with Gasteiger partial charge in [-0.15, -0.1) is 10.2 Å². The Bertz CT molecular complexity index is 854. The van der Waals surface area contributed by atoms with Crippen molar-refractivity contribution in [2.75, 3.05) is 5.32 Å². The molecule has 0 aliphatic carbocycles. The van der Waals surface area contributed by atoms with Crippen molar-refractivity contribution in [2.24, 2.45) is 0 Å². The number of hydrogen-bond donors (Lipinski definition) is 2. The summed E-state index contributed by atoms with van der Waals surface area (Å²) in [4.78, 5) is 14.5. The second-order valence-electron chi connectivity index (χ2n) is 4.65. The quantitative estimate of drug-likeness (QED) is 0.680. The van der Waals surface area contributed by atoms with Gasteiger partial charge < -0.3 is 9.52 Å². The van der Waals surface area contributed by atoms with E-state index < -0.39 is 6.09 Å². The van der Waals surface area contributed by atoms with E-state index in [2.05, 4.69) is 20.5 Å². The van der Waals surface area contributed by atoms with Gasteiger partial charge in [0.05, 0.1) is 0 Å². The van der Waals surface area contributed by atoms with Crippen molar-refractivity contribution in [3.8, 4) is 11.5 Å². The first-order chi connectivity index (χ1) is 11.6. The predicted molar refractivity (Wildman–Crippen MR) is 85.1 cm³/mol. The van der Waals surface area contributed by atoms with Gasteiger partial charge in [-0.3, -0.25) is 5.32 Å². The van der Waals surface area contributed by atoms with Crippen molar-refractivity contribution in [1.29, 1.82) is 0 Å². The van der Waals surface area contributed by atoms with Crippen LogP contribution in [0.25, 0.3) is 11.5 Å². The number of thioether (sulfide) groups is 1. The molecule has 1 aromatic carbocycles. The van der Waals surface area contributed by atoms with Crippen LogP contribution < -0.4 is 5.32 Å². The molecule has 0 saturated carbocycles. The van der Waals surface area contributed by atoms with E-state index in [1.54, 1.807) is 18.2 Å². The molecule has 0 saturated heterocycles. The molecule has 1 amide bonds. The number of nitrogens with one attached hydrogen (secondary N) is 1. The molecule has 2 N–H and O–H groups in total. The van der Waals surface area contributed by atoms with Gasteiger partial charge >= 0.3 is 6.09 Å². The van der Waals surface area contributed by atoms with E-state index in [0.717, 1.165) is 5.56 Å². The van der Waals surface area contributed by atoms with Gasteiger partial charge in [-0.1, -0.05) is 23.9 Å². The second kappa shape index (κ2) is 7.09. The summed E-state index contributed by atoms with van der Waals surface area (Å²) in [5, 5.41) is 19.1. The van der Waals surface area contributed by atoms with Gasteiger partial charge in [0.2, 0.25) is 5.89 Å². The molecule has 0 fully saturated rings. The van der Waals surface area contributed by atoms with Crippen molar-refractivity contribution in [3.63, 3.8) is 0 Å². The molecule has 0 unspecified atom stereocenters. The molecule has 3 rings (SSSR count). The summed E-state index contributed by atoms with van der Waals surface area (Å²) in [7, 11) is 0. The third-order valence-corrected chi connectivity index (χ3v) is 3.81. The molecule has 24 heavy (non-hydrogen) atoms. The second-order valence-corrected chi connectivity index (χ2v) is 5.57. The normalized spacial score (nSPS) is 10.5. The number of pyridine rings is 1. The summed E-state index contributed by atoms with van der Waals surface area (Å²) in [6.45, 7) is 0. The minimum absolute atomic E-state index is 0.165. The van der Waals surface area contributed by atoms with E-state index in [-0.39, 0.29) is 17.5 Å². The molecule has 0 radical (unpaired) electrons. The van der Waals surface area contributed by atoms with E-state index >= 15 is 0 Å². The van der Waals surface area contributed by atoms with Crippen LogP contribution in [0, 0.1) is 5.82 Å². The Hall–Kier alpha value is -2.94. The summed E-state index contributed by atoms with van der Waals surface area (Å²) in [6, 6.07) is 9.29. The fourth-order valence-corrected chi connectivity index (χ4v) is 2.57. The zero-order valence-corrected chi connectivity index (χ0v) is 13.0. The molecular weight excluding hydrogens is 335 g/mol. The minimum atomic E-state index is -1.21. The fraction of sp³-hybridized carbons (Fsp3) is 0.0667. The van der Waals surface area contributed by atoms with Crippen LogP contribution in [-0.2, 0) is 5.75 Å². The van der Waals surface area contributed by atoms with Crippen LogP contribution in [0.5, 0.6) is 0 Å². The SMILES string of the molecule is O=C(O)Nc1cc(-c2nnc(SCc3ccc(F)cc3)o2)ccn1. The van der Waals surface area contributed by atoms with Crippen LogP contribution >= 0.6 is 11.8 Å². The number of hydrogen-bond acceptors (Lipinski definition) is 6. The lowest BCUT2D eigenvalue weighted by atomic mass is 10.2. The van der Waals surface area contributed by atoms with E-state index in [9.17, 15) is 9.18 Å². The number of nitrogens with zero attached hydrogens (tertiary/aromatic N) is 3. The predicted octanol–water partition coefficient (Wildman–Crippen LogP) is 3.65. The molecule has 122 valence electrons. The average Bonchev–Trinajstić information content (AvgIpc) is 3.03. The average molecular weight is 346 g/mol. The maximum Gasteiger partial charge on any atom is 0.410 e. The Kier molecular flexibility index (Phi) is 4.71. The number of benzene rings is 1. The molecule has 0 aliphatic heterocycles. The third-order valence-electron chi connectivity index (χ3n) is 2.92. The molecule has 3 aromatic rings. The molecule has 0 bridgehead atoms. The summed E-state index contributed by atoms with van der Waals surface area (Å²) in [6.07, 6.45) is 0.233. The van der Waals surface area contributed by atoms with Crippen molar-refractivity contribution in [1.82, 2.24) is 15.2 Å². The lowest BCUT2D eigenvalue weighted by Gasteiger charge is -2.00. The van der Waals surface area contributed by atoms with Gasteiger partial charge in [-0.25, -0.2) is 14.2 Å². The number of carboxylic acid groups (broad SMARTS) is 1. The maximum atomic E-state index is 12.9. The third kappa shape index (κ3) is 4.07. The zero-order valence-electron chi connectivity index (χ0n) is 12.1. The van der Waals surface area contributed by atoms with Crippen LogP contribution in [0.1, 0.15) is 5.56 Å². The summed E-state index contributed by atoms with van der Waals surface area (Å²) in [5.74, 6) is 0.697. The molecule has 0 aliphatic rings. The summed E-state index contributed by atoms with van der Waals surface area (Å²) < 4.78 is 18.4. The van der Waals surface area contributed by atoms with Crippen LogP contribution in [0.2, 0.25) is 0 Å². The number of amides is 1. The van der Waals surface area contributed by atoms with Crippen molar-refractivity contribution in [2.45, 2.75) is 11.0 Å². The number of halogens is 1. The first-order valence-electron chi connectivity index (χ1n) is 6.77. The van der Waals surface area contributed by atoms with Gasteiger partial charge in [0, 0.05) is 17.5 Å². The van der Waals surface area contributed by atoms with Gasteiger partial charge in [-0.05, 0) is 29.8 Å². The summed E-state index contributed by atoms with van der Waals surface area (Å²) >= 11 is 1.32. The standard InChI is InChI=1S/C15H11FN4O3S/c16-11-3-1-9(2-4-11)8-24-15-20-19-13(23-15)10-5-6-17-12(7-10)18-14(21)22/h1-7H,8H2,(H,17,18)(H,21,22). The Morgan fingerprint density at radius 2 is 2.04 bits per heavy atom. The number of aromatic nitrogens is 3. The Labute approximate surface area is 139 Å². The van der Waals surface area contributed by atoms with Crippen LogP contribution in [-0.4, -0.2) is 26.4 Å². The molecule has 2 aromatic heterocycles. The first kappa shape index (κ1) is 15.9. The van der Waals surface area contributed by atoms with Gasteiger partial charge in [0.15, 0.2) is 0 Å². The van der Waals surface area contributed by atoms with Crippen molar-refractivity contribution < 1.29 is 18.7 Å². The Balaban J connectivity index is 1.69. The minimum Gasteiger partial charge on any atom is -0.465 e. The number of rotatable bonds is 5. The zero-order chi connectivity index (χ0) is 16.9. The molecule has 7 nitrogen and oxygen atoms in total. The number of anilines is 1.